The van der Waals surface area contributed by atoms with Gasteiger partial charge in [-0.3, -0.25) is 4.79 Å². The summed E-state index contributed by atoms with van der Waals surface area (Å²) in [6.45, 7) is 3.73. The fourth-order valence-electron chi connectivity index (χ4n) is 4.44. The second-order valence-corrected chi connectivity index (χ2v) is 8.39. The van der Waals surface area contributed by atoms with Crippen LogP contribution in [0.2, 0.25) is 0 Å². The molecule has 0 aliphatic carbocycles. The van der Waals surface area contributed by atoms with Crippen LogP contribution in [0.15, 0.2) is 30.3 Å². The van der Waals surface area contributed by atoms with Gasteiger partial charge in [0.2, 0.25) is 0 Å². The smallest absolute Gasteiger partial charge is 0.251 e. The molecule has 0 saturated carbocycles. The maximum Gasteiger partial charge on any atom is 0.251 e. The number of ether oxygens (including phenoxy) is 1. The van der Waals surface area contributed by atoms with Gasteiger partial charge in [-0.05, 0) is 54.7 Å². The molecule has 2 aromatic carbocycles. The number of piperidine rings is 1. The molecule has 32 heavy (non-hydrogen) atoms. The van der Waals surface area contributed by atoms with Crippen molar-refractivity contribution in [2.24, 2.45) is 0 Å². The third-order valence-corrected chi connectivity index (χ3v) is 6.35. The lowest BCUT2D eigenvalue weighted by Crippen LogP contribution is -2.45. The van der Waals surface area contributed by atoms with Crippen molar-refractivity contribution in [1.29, 1.82) is 5.26 Å². The van der Waals surface area contributed by atoms with Gasteiger partial charge in [0.25, 0.3) is 5.91 Å². The van der Waals surface area contributed by atoms with Gasteiger partial charge in [0.05, 0.1) is 18.3 Å². The predicted octanol–water partition coefficient (Wildman–Crippen LogP) is 2.45. The molecule has 8 heteroatoms. The molecule has 4 rings (SSSR count). The van der Waals surface area contributed by atoms with Gasteiger partial charge >= 0.3 is 0 Å². The zero-order chi connectivity index (χ0) is 22.8. The molecule has 3 N–H and O–H groups in total. The minimum Gasteiger partial charge on any atom is -0.387 e. The Balaban J connectivity index is 1.30. The monoisotopic (exact) mass is 439 g/mol. The number of carbonyl (C=O) groups is 1. The van der Waals surface area contributed by atoms with Crippen LogP contribution in [-0.4, -0.2) is 46.7 Å². The summed E-state index contributed by atoms with van der Waals surface area (Å²) >= 11 is 0. The Morgan fingerprint density at radius 3 is 2.81 bits per heavy atom. The number of nitrogens with one attached hydrogen (secondary N) is 1. The molecule has 0 radical (unpaired) electrons. The molecule has 2 unspecified atom stereocenters. The van der Waals surface area contributed by atoms with Crippen molar-refractivity contribution in [2.75, 3.05) is 19.6 Å². The van der Waals surface area contributed by atoms with E-state index in [9.17, 15) is 19.4 Å². The van der Waals surface area contributed by atoms with Gasteiger partial charge in [-0.1, -0.05) is 12.1 Å². The number of aliphatic hydroxyl groups excluding tert-OH is 2. The van der Waals surface area contributed by atoms with E-state index < -0.39 is 18.2 Å². The fourth-order valence-corrected chi connectivity index (χ4v) is 4.44. The van der Waals surface area contributed by atoms with Crippen molar-refractivity contribution in [3.05, 3.63) is 69.5 Å². The van der Waals surface area contributed by atoms with Gasteiger partial charge < -0.3 is 25.2 Å². The molecular formula is C24H26FN3O4. The SMILES string of the molecule is Cc1c(C(O)CN2CCC(NC(=O)c3ccc4c(c3)COC4O)CC2)ccc(F)c1C#N. The van der Waals surface area contributed by atoms with E-state index in [-0.39, 0.29) is 17.5 Å². The van der Waals surface area contributed by atoms with Crippen LogP contribution >= 0.6 is 0 Å². The maximum atomic E-state index is 13.7. The molecule has 2 aliphatic rings. The Morgan fingerprint density at radius 1 is 1.34 bits per heavy atom. The molecule has 0 aromatic heterocycles. The Hall–Kier alpha value is -2.83. The van der Waals surface area contributed by atoms with E-state index in [1.54, 1.807) is 25.1 Å². The van der Waals surface area contributed by atoms with Crippen LogP contribution < -0.4 is 5.32 Å². The second-order valence-electron chi connectivity index (χ2n) is 8.39. The van der Waals surface area contributed by atoms with Crippen LogP contribution in [0, 0.1) is 24.1 Å². The lowest BCUT2D eigenvalue weighted by atomic mass is 9.97. The van der Waals surface area contributed by atoms with Crippen LogP contribution in [0.5, 0.6) is 0 Å². The number of aliphatic hydroxyl groups is 2. The number of nitrogens with zero attached hydrogens (tertiary/aromatic N) is 2. The Bertz CT molecular complexity index is 1060. The number of nitriles is 1. The third kappa shape index (κ3) is 4.52. The van der Waals surface area contributed by atoms with E-state index >= 15 is 0 Å². The van der Waals surface area contributed by atoms with E-state index in [4.69, 9.17) is 10.00 Å². The standard InChI is InChI=1S/C24H26FN3O4/c1-14-18(4-5-21(25)20(14)11-26)22(29)12-28-8-6-17(7-9-28)27-23(30)15-2-3-19-16(10-15)13-32-24(19)31/h2-5,10,17,22,24,29,31H,6-9,12-13H2,1H3,(H,27,30). The van der Waals surface area contributed by atoms with Crippen molar-refractivity contribution in [1.82, 2.24) is 10.2 Å². The van der Waals surface area contributed by atoms with Gasteiger partial charge in [0.1, 0.15) is 11.9 Å². The molecular weight excluding hydrogens is 413 g/mol. The van der Waals surface area contributed by atoms with Crippen LogP contribution in [0.25, 0.3) is 0 Å². The van der Waals surface area contributed by atoms with Gasteiger partial charge in [-0.2, -0.15) is 5.26 Å². The zero-order valence-electron chi connectivity index (χ0n) is 17.8. The molecule has 1 saturated heterocycles. The highest BCUT2D eigenvalue weighted by atomic mass is 19.1. The number of halogens is 1. The molecule has 1 amide bonds. The highest BCUT2D eigenvalue weighted by Crippen LogP contribution is 2.29. The number of hydrogen-bond donors (Lipinski definition) is 3. The first-order valence-corrected chi connectivity index (χ1v) is 10.7. The van der Waals surface area contributed by atoms with E-state index in [1.165, 1.54) is 12.1 Å². The zero-order valence-corrected chi connectivity index (χ0v) is 17.8. The number of rotatable bonds is 5. The summed E-state index contributed by atoms with van der Waals surface area (Å²) in [6, 6.07) is 9.81. The number of benzene rings is 2. The van der Waals surface area contributed by atoms with E-state index in [2.05, 4.69) is 10.2 Å². The average Bonchev–Trinajstić information content (AvgIpc) is 3.15. The highest BCUT2D eigenvalue weighted by molar-refractivity contribution is 5.94. The lowest BCUT2D eigenvalue weighted by Gasteiger charge is -2.33. The number of fused-ring (bicyclic) bond motifs is 1. The van der Waals surface area contributed by atoms with Crippen LogP contribution in [0.3, 0.4) is 0 Å². The average molecular weight is 439 g/mol. The molecule has 168 valence electrons. The van der Waals surface area contributed by atoms with Gasteiger partial charge in [-0.15, -0.1) is 0 Å². The highest BCUT2D eigenvalue weighted by Gasteiger charge is 2.26. The summed E-state index contributed by atoms with van der Waals surface area (Å²) in [5.41, 5.74) is 3.06. The summed E-state index contributed by atoms with van der Waals surface area (Å²) in [4.78, 5) is 14.7. The summed E-state index contributed by atoms with van der Waals surface area (Å²) in [5, 5.41) is 32.6. The topological polar surface area (TPSA) is 106 Å². The Morgan fingerprint density at radius 2 is 2.09 bits per heavy atom. The number of β-amino-alcohol motifs (C(OH)–C–C–N with tert-alkyl or cyclic N) is 1. The quantitative estimate of drug-likeness (QED) is 0.661. The molecule has 2 aromatic rings. The van der Waals surface area contributed by atoms with Crippen LogP contribution in [0.1, 0.15) is 63.4 Å². The van der Waals surface area contributed by atoms with E-state index in [0.717, 1.165) is 18.4 Å². The molecule has 2 atom stereocenters. The number of amides is 1. The van der Waals surface area contributed by atoms with Gasteiger partial charge in [0, 0.05) is 36.8 Å². The van der Waals surface area contributed by atoms with Crippen molar-refractivity contribution in [3.63, 3.8) is 0 Å². The molecule has 2 heterocycles. The van der Waals surface area contributed by atoms with Crippen molar-refractivity contribution in [2.45, 2.75) is 44.8 Å². The first-order valence-electron chi connectivity index (χ1n) is 10.7. The van der Waals surface area contributed by atoms with Crippen molar-refractivity contribution in [3.8, 4) is 6.07 Å². The van der Waals surface area contributed by atoms with Gasteiger partial charge in [0.15, 0.2) is 6.29 Å². The number of carbonyl (C=O) groups excluding carboxylic acids is 1. The summed E-state index contributed by atoms with van der Waals surface area (Å²) in [7, 11) is 0. The molecule has 0 bridgehead atoms. The predicted molar refractivity (Wildman–Crippen MR) is 114 cm³/mol. The maximum absolute atomic E-state index is 13.7. The van der Waals surface area contributed by atoms with Crippen molar-refractivity contribution >= 4 is 5.91 Å². The Kier molecular flexibility index (Phi) is 6.53. The summed E-state index contributed by atoms with van der Waals surface area (Å²) in [6.07, 6.45) is -0.251. The lowest BCUT2D eigenvalue weighted by molar-refractivity contribution is -0.0918. The van der Waals surface area contributed by atoms with Crippen LogP contribution in [-0.2, 0) is 11.3 Å². The molecule has 1 fully saturated rings. The number of hydrogen-bond acceptors (Lipinski definition) is 6. The third-order valence-electron chi connectivity index (χ3n) is 6.35. The minimum atomic E-state index is -0.924. The largest absolute Gasteiger partial charge is 0.387 e. The second kappa shape index (κ2) is 9.35. The van der Waals surface area contributed by atoms with E-state index in [1.807, 2.05) is 6.07 Å². The first-order chi connectivity index (χ1) is 15.4. The molecule has 0 spiro atoms. The van der Waals surface area contributed by atoms with Gasteiger partial charge in [-0.25, -0.2) is 4.39 Å². The van der Waals surface area contributed by atoms with Crippen LogP contribution in [0.4, 0.5) is 4.39 Å². The normalized spacial score (nSPS) is 19.9. The number of likely N-dealkylation sites (tertiary alicyclic amines) is 1. The summed E-state index contributed by atoms with van der Waals surface area (Å²) < 4.78 is 18.9. The van der Waals surface area contributed by atoms with E-state index in [0.29, 0.717) is 48.5 Å². The summed E-state index contributed by atoms with van der Waals surface area (Å²) in [5.74, 6) is -0.733. The minimum absolute atomic E-state index is 0.0312. The first kappa shape index (κ1) is 22.4. The molecule has 7 nitrogen and oxygen atoms in total. The Labute approximate surface area is 186 Å². The fraction of sp³-hybridized carbons (Fsp3) is 0.417. The van der Waals surface area contributed by atoms with Crippen molar-refractivity contribution < 1.29 is 24.1 Å². The molecule has 2 aliphatic heterocycles.